The number of carbonyl (C=O) groups excluding carboxylic acids is 2. The van der Waals surface area contributed by atoms with Crippen molar-refractivity contribution in [3.63, 3.8) is 0 Å². The second kappa shape index (κ2) is 9.20. The number of halogens is 1. The molecule has 7 heteroatoms. The van der Waals surface area contributed by atoms with Crippen LogP contribution in [-0.2, 0) is 18.3 Å². The van der Waals surface area contributed by atoms with Gasteiger partial charge in [0.1, 0.15) is 5.69 Å². The Morgan fingerprint density at radius 3 is 2.44 bits per heavy atom. The van der Waals surface area contributed by atoms with Crippen LogP contribution >= 0.6 is 23.4 Å². The number of aromatic nitrogens is 3. The van der Waals surface area contributed by atoms with Gasteiger partial charge < -0.3 is 0 Å². The lowest BCUT2D eigenvalue weighted by Gasteiger charge is -2.19. The predicted molar refractivity (Wildman–Crippen MR) is 128 cm³/mol. The molecule has 4 rings (SSSR count). The number of pyridine rings is 1. The Labute approximate surface area is 197 Å². The molecule has 0 atom stereocenters. The molecular formula is C25H26ClN3O2S. The maximum atomic E-state index is 13.3. The highest BCUT2D eigenvalue weighted by atomic mass is 35.5. The molecule has 0 fully saturated rings. The Morgan fingerprint density at radius 1 is 1.06 bits per heavy atom. The van der Waals surface area contributed by atoms with Crippen LogP contribution in [0, 0.1) is 0 Å². The normalized spacial score (nSPS) is 13.6. The van der Waals surface area contributed by atoms with Crippen LogP contribution in [0.1, 0.15) is 71.4 Å². The van der Waals surface area contributed by atoms with E-state index in [1.807, 2.05) is 24.3 Å². The first-order valence-electron chi connectivity index (χ1n) is 10.8. The number of benzene rings is 1. The molecule has 0 saturated carbocycles. The molecule has 0 amide bonds. The quantitative estimate of drug-likeness (QED) is 0.352. The molecule has 0 bridgehead atoms. The maximum absolute atomic E-state index is 13.3. The highest BCUT2D eigenvalue weighted by molar-refractivity contribution is 7.99. The van der Waals surface area contributed by atoms with Crippen LogP contribution in [-0.4, -0.2) is 32.0 Å². The molecule has 1 aliphatic rings. The minimum absolute atomic E-state index is 0.0139. The number of nitrogens with zero attached hydrogens (tertiary/aromatic N) is 3. The molecule has 3 aromatic rings. The number of aryl methyl sites for hydroxylation is 1. The predicted octanol–water partition coefficient (Wildman–Crippen LogP) is 5.77. The molecule has 0 radical (unpaired) electrons. The van der Waals surface area contributed by atoms with Crippen LogP contribution < -0.4 is 0 Å². The van der Waals surface area contributed by atoms with Crippen LogP contribution in [0.4, 0.5) is 0 Å². The number of Topliss-reactive ketones (excluding diaryl/α,β-unsaturated/α-hetero) is 1. The van der Waals surface area contributed by atoms with E-state index >= 15 is 0 Å². The Morgan fingerprint density at radius 2 is 1.78 bits per heavy atom. The van der Waals surface area contributed by atoms with Crippen LogP contribution in [0.25, 0.3) is 0 Å². The van der Waals surface area contributed by atoms with Gasteiger partial charge in [-0.1, -0.05) is 68.4 Å². The van der Waals surface area contributed by atoms with Gasteiger partial charge in [0.15, 0.2) is 10.9 Å². The summed E-state index contributed by atoms with van der Waals surface area (Å²) in [7, 11) is 0. The van der Waals surface area contributed by atoms with Crippen molar-refractivity contribution in [1.82, 2.24) is 14.5 Å². The number of rotatable bonds is 5. The lowest BCUT2D eigenvalue weighted by atomic mass is 9.86. The molecule has 5 nitrogen and oxygen atoms in total. The molecule has 0 saturated heterocycles. The minimum atomic E-state index is -0.234. The number of ketones is 1. The van der Waals surface area contributed by atoms with E-state index in [4.69, 9.17) is 16.6 Å². The number of imidazole rings is 1. The first-order valence-corrected chi connectivity index (χ1v) is 12.1. The summed E-state index contributed by atoms with van der Waals surface area (Å²) in [5.74, 6) is -0.00615. The van der Waals surface area contributed by atoms with Crippen molar-refractivity contribution < 1.29 is 9.59 Å². The maximum Gasteiger partial charge on any atom is 0.282 e. The SMILES string of the molecule is CC(C)(C)c1ccc(C(=O)CSc2nc3c(n2C(=O)c2ccc(Cl)cn2)CCCC3)cc1. The number of hydrogen-bond donors (Lipinski definition) is 0. The van der Waals surface area contributed by atoms with Crippen LogP contribution in [0.3, 0.4) is 0 Å². The van der Waals surface area contributed by atoms with E-state index < -0.39 is 0 Å². The molecule has 1 aliphatic carbocycles. The van der Waals surface area contributed by atoms with Gasteiger partial charge in [-0.15, -0.1) is 0 Å². The second-order valence-electron chi connectivity index (χ2n) is 9.04. The summed E-state index contributed by atoms with van der Waals surface area (Å²) in [6.45, 7) is 6.44. The van der Waals surface area contributed by atoms with Gasteiger partial charge in [0.2, 0.25) is 0 Å². The number of hydrogen-bond acceptors (Lipinski definition) is 5. The van der Waals surface area contributed by atoms with E-state index in [9.17, 15) is 9.59 Å². The summed E-state index contributed by atoms with van der Waals surface area (Å²) in [5, 5.41) is 1.03. The average Bonchev–Trinajstić information content (AvgIpc) is 3.15. The zero-order valence-electron chi connectivity index (χ0n) is 18.5. The van der Waals surface area contributed by atoms with Gasteiger partial charge in [-0.3, -0.25) is 14.2 Å². The third kappa shape index (κ3) is 4.81. The third-order valence-electron chi connectivity index (χ3n) is 5.66. The van der Waals surface area contributed by atoms with E-state index in [0.717, 1.165) is 37.1 Å². The largest absolute Gasteiger partial charge is 0.293 e. The summed E-state index contributed by atoms with van der Waals surface area (Å²) in [4.78, 5) is 35.0. The van der Waals surface area contributed by atoms with Gasteiger partial charge in [-0.05, 0) is 48.8 Å². The molecule has 0 aliphatic heterocycles. The molecule has 0 unspecified atom stereocenters. The van der Waals surface area contributed by atoms with Crippen molar-refractivity contribution in [2.75, 3.05) is 5.75 Å². The van der Waals surface area contributed by atoms with Gasteiger partial charge in [0.25, 0.3) is 5.91 Å². The van der Waals surface area contributed by atoms with Gasteiger partial charge in [-0.25, -0.2) is 9.97 Å². The van der Waals surface area contributed by atoms with E-state index in [2.05, 4.69) is 25.8 Å². The molecule has 0 N–H and O–H groups in total. The highest BCUT2D eigenvalue weighted by Crippen LogP contribution is 2.29. The lowest BCUT2D eigenvalue weighted by molar-refractivity contribution is 0.0939. The minimum Gasteiger partial charge on any atom is -0.293 e. The molecule has 1 aromatic carbocycles. The average molecular weight is 468 g/mol. The summed E-state index contributed by atoms with van der Waals surface area (Å²) < 4.78 is 1.64. The Balaban J connectivity index is 1.57. The van der Waals surface area contributed by atoms with Gasteiger partial charge in [-0.2, -0.15) is 0 Å². The Kier molecular flexibility index (Phi) is 6.54. The smallest absolute Gasteiger partial charge is 0.282 e. The van der Waals surface area contributed by atoms with Crippen LogP contribution in [0.5, 0.6) is 0 Å². The molecule has 2 aromatic heterocycles. The van der Waals surface area contributed by atoms with Crippen molar-refractivity contribution in [2.45, 2.75) is 57.0 Å². The van der Waals surface area contributed by atoms with E-state index in [-0.39, 0.29) is 22.9 Å². The number of thioether (sulfide) groups is 1. The van der Waals surface area contributed by atoms with Gasteiger partial charge >= 0.3 is 0 Å². The number of carbonyl (C=O) groups is 2. The second-order valence-corrected chi connectivity index (χ2v) is 10.4. The Hall–Kier alpha value is -2.44. The summed E-state index contributed by atoms with van der Waals surface area (Å²) >= 11 is 7.24. The number of fused-ring (bicyclic) bond motifs is 1. The standard InChI is InChI=1S/C25H26ClN3O2S/c1-25(2,3)17-10-8-16(9-11-17)22(30)15-32-24-28-19-6-4-5-7-21(19)29(24)23(31)20-13-12-18(26)14-27-20/h8-14H,4-7,15H2,1-3H3. The fourth-order valence-electron chi connectivity index (χ4n) is 3.81. The molecule has 2 heterocycles. The fraction of sp³-hybridized carbons (Fsp3) is 0.360. The molecule has 0 spiro atoms. The van der Waals surface area contributed by atoms with Crippen molar-refractivity contribution >= 4 is 35.1 Å². The van der Waals surface area contributed by atoms with Crippen molar-refractivity contribution in [1.29, 1.82) is 0 Å². The van der Waals surface area contributed by atoms with Crippen LogP contribution in [0.15, 0.2) is 47.8 Å². The van der Waals surface area contributed by atoms with Crippen molar-refractivity contribution in [3.05, 3.63) is 75.8 Å². The summed E-state index contributed by atoms with van der Waals surface area (Å²) in [6, 6.07) is 11.0. The third-order valence-corrected chi connectivity index (χ3v) is 6.82. The first-order chi connectivity index (χ1) is 15.2. The van der Waals surface area contributed by atoms with Gasteiger partial charge in [0, 0.05) is 17.5 Å². The summed E-state index contributed by atoms with van der Waals surface area (Å²) in [5.41, 5.74) is 4.08. The Bertz CT molecular complexity index is 1150. The first kappa shape index (κ1) is 22.7. The zero-order chi connectivity index (χ0) is 22.9. The zero-order valence-corrected chi connectivity index (χ0v) is 20.1. The topological polar surface area (TPSA) is 64.8 Å². The van der Waals surface area contributed by atoms with Crippen molar-refractivity contribution in [2.24, 2.45) is 0 Å². The molecule has 166 valence electrons. The lowest BCUT2D eigenvalue weighted by Crippen LogP contribution is -2.19. The molecule has 32 heavy (non-hydrogen) atoms. The highest BCUT2D eigenvalue weighted by Gasteiger charge is 2.26. The fourth-order valence-corrected chi connectivity index (χ4v) is 4.84. The summed E-state index contributed by atoms with van der Waals surface area (Å²) in [6.07, 6.45) is 5.18. The van der Waals surface area contributed by atoms with E-state index in [0.29, 0.717) is 21.4 Å². The van der Waals surface area contributed by atoms with Gasteiger partial charge in [0.05, 0.1) is 16.5 Å². The van der Waals surface area contributed by atoms with E-state index in [1.165, 1.54) is 23.5 Å². The molecular weight excluding hydrogens is 442 g/mol. The van der Waals surface area contributed by atoms with Crippen LogP contribution in [0.2, 0.25) is 5.02 Å². The van der Waals surface area contributed by atoms with E-state index in [1.54, 1.807) is 16.7 Å². The monoisotopic (exact) mass is 467 g/mol. The van der Waals surface area contributed by atoms with Crippen molar-refractivity contribution in [3.8, 4) is 0 Å².